The molecule has 2 atom stereocenters. The number of pyridine rings is 1. The predicted molar refractivity (Wildman–Crippen MR) is 133 cm³/mol. The van der Waals surface area contributed by atoms with Crippen LogP contribution in [0.25, 0.3) is 21.9 Å². The van der Waals surface area contributed by atoms with E-state index in [1.165, 1.54) is 6.42 Å². The van der Waals surface area contributed by atoms with Gasteiger partial charge in [-0.2, -0.15) is 4.59 Å². The van der Waals surface area contributed by atoms with Gasteiger partial charge in [0.25, 0.3) is 0 Å². The van der Waals surface area contributed by atoms with Crippen molar-refractivity contribution in [1.29, 1.82) is 0 Å². The maximum absolute atomic E-state index is 12.0. The summed E-state index contributed by atoms with van der Waals surface area (Å²) in [5.41, 5.74) is 1.62. The van der Waals surface area contributed by atoms with Crippen molar-refractivity contribution in [3.63, 3.8) is 0 Å². The molecule has 3 fully saturated rings. The summed E-state index contributed by atoms with van der Waals surface area (Å²) in [5.74, 6) is 0.164. The summed E-state index contributed by atoms with van der Waals surface area (Å²) in [7, 11) is 1.93. The molecule has 0 bridgehead atoms. The van der Waals surface area contributed by atoms with E-state index in [9.17, 15) is 14.7 Å². The summed E-state index contributed by atoms with van der Waals surface area (Å²) >= 11 is 0. The Morgan fingerprint density at radius 3 is 2.64 bits per heavy atom. The fourth-order valence-corrected chi connectivity index (χ4v) is 5.56. The second-order valence-electron chi connectivity index (χ2n) is 9.61. The van der Waals surface area contributed by atoms with E-state index < -0.39 is 12.0 Å². The van der Waals surface area contributed by atoms with Crippen molar-refractivity contribution in [2.45, 2.75) is 31.3 Å². The van der Waals surface area contributed by atoms with Gasteiger partial charge in [-0.15, -0.1) is 5.01 Å². The molecule has 3 aliphatic heterocycles. The third-order valence-electron chi connectivity index (χ3n) is 7.54. The van der Waals surface area contributed by atoms with Gasteiger partial charge in [-0.1, -0.05) is 0 Å². The Balaban J connectivity index is 0.000000252. The van der Waals surface area contributed by atoms with Crippen molar-refractivity contribution < 1.29 is 24.2 Å². The van der Waals surface area contributed by atoms with Gasteiger partial charge in [0.2, 0.25) is 5.82 Å². The van der Waals surface area contributed by atoms with Gasteiger partial charge in [-0.3, -0.25) is 19.9 Å². The molecule has 6 heterocycles. The fraction of sp³-hybridized carbons (Fsp3) is 0.583. The highest BCUT2D eigenvalue weighted by atomic mass is 16.5. The van der Waals surface area contributed by atoms with Crippen LogP contribution in [-0.2, 0) is 19.1 Å². The van der Waals surface area contributed by atoms with Crippen LogP contribution in [0.1, 0.15) is 19.3 Å². The van der Waals surface area contributed by atoms with Crippen molar-refractivity contribution in [2.75, 3.05) is 59.7 Å². The summed E-state index contributed by atoms with van der Waals surface area (Å²) in [6.07, 6.45) is 7.76. The van der Waals surface area contributed by atoms with Crippen LogP contribution in [0.3, 0.4) is 0 Å². The molecule has 6 rings (SSSR count). The van der Waals surface area contributed by atoms with E-state index in [4.69, 9.17) is 9.47 Å². The van der Waals surface area contributed by atoms with E-state index >= 15 is 0 Å². The normalized spacial score (nSPS) is 25.4. The number of hydrogen-bond donors (Lipinski definition) is 3. The maximum atomic E-state index is 12.0. The third-order valence-corrected chi connectivity index (χ3v) is 7.54. The number of carbonyl (C=O) groups is 2. The first-order valence-electron chi connectivity index (χ1n) is 12.5. The number of H-pyrrole nitrogens is 2. The minimum atomic E-state index is -0.834. The number of carbonyl (C=O) groups excluding carboxylic acids is 1. The lowest BCUT2D eigenvalue weighted by atomic mass is 10.1. The summed E-state index contributed by atoms with van der Waals surface area (Å²) in [5, 5.41) is 20.6. The highest BCUT2D eigenvalue weighted by Crippen LogP contribution is 2.39. The molecule has 12 nitrogen and oxygen atoms in total. The second kappa shape index (κ2) is 10.6. The first-order chi connectivity index (χ1) is 17.5. The van der Waals surface area contributed by atoms with Crippen LogP contribution in [0.15, 0.2) is 18.5 Å². The van der Waals surface area contributed by atoms with Crippen molar-refractivity contribution >= 4 is 40.0 Å². The van der Waals surface area contributed by atoms with E-state index in [0.29, 0.717) is 30.0 Å². The minimum Gasteiger partial charge on any atom is -0.480 e. The monoisotopic (exact) mass is 500 g/mol. The SMILES string of the molecule is CN1CCOCC1C=O.O=C(O)C1COCCN1[N+]1(c2[nH][nH]c3cnc4nccc4c23)CCCCC1. The zero-order valence-corrected chi connectivity index (χ0v) is 20.6. The van der Waals surface area contributed by atoms with Gasteiger partial charge in [0.05, 0.1) is 56.1 Å². The zero-order valence-electron chi connectivity index (χ0n) is 20.6. The number of carboxylic acid groups (broad SMARTS) is 1. The van der Waals surface area contributed by atoms with E-state index in [1.54, 1.807) is 12.4 Å². The van der Waals surface area contributed by atoms with Crippen molar-refractivity contribution in [1.82, 2.24) is 34.7 Å². The van der Waals surface area contributed by atoms with Crippen molar-refractivity contribution in [2.24, 2.45) is 0 Å². The molecular formula is C24H34N7O5+. The number of aliphatic carboxylic acids is 1. The fourth-order valence-electron chi connectivity index (χ4n) is 5.56. The van der Waals surface area contributed by atoms with E-state index in [2.05, 4.69) is 25.2 Å². The van der Waals surface area contributed by atoms with E-state index in [-0.39, 0.29) is 12.6 Å². The number of aldehydes is 1. The molecule has 194 valence electrons. The molecule has 36 heavy (non-hydrogen) atoms. The van der Waals surface area contributed by atoms with Crippen molar-refractivity contribution in [3.05, 3.63) is 18.5 Å². The van der Waals surface area contributed by atoms with Gasteiger partial charge in [0.1, 0.15) is 19.4 Å². The summed E-state index contributed by atoms with van der Waals surface area (Å²) in [6.45, 7) is 5.25. The quantitative estimate of drug-likeness (QED) is 0.356. The average Bonchev–Trinajstić information content (AvgIpc) is 3.57. The number of likely N-dealkylation sites (N-methyl/N-ethyl adjacent to an activating group) is 1. The topological polar surface area (TPSA) is 137 Å². The number of carboxylic acids is 1. The number of aromatic nitrogens is 4. The highest BCUT2D eigenvalue weighted by molar-refractivity contribution is 6.08. The van der Waals surface area contributed by atoms with Gasteiger partial charge in [-0.05, 0) is 32.4 Å². The Morgan fingerprint density at radius 1 is 1.14 bits per heavy atom. The van der Waals surface area contributed by atoms with Crippen molar-refractivity contribution in [3.8, 4) is 0 Å². The number of nitrogens with zero attached hydrogens (tertiary/aromatic N) is 5. The molecule has 3 aliphatic rings. The van der Waals surface area contributed by atoms with Crippen LogP contribution in [0.2, 0.25) is 0 Å². The highest BCUT2D eigenvalue weighted by Gasteiger charge is 2.49. The van der Waals surface area contributed by atoms with E-state index in [1.807, 2.05) is 18.0 Å². The number of aromatic amines is 2. The molecular weight excluding hydrogens is 466 g/mol. The molecule has 2 unspecified atom stereocenters. The maximum Gasteiger partial charge on any atom is 0.328 e. The molecule has 3 saturated heterocycles. The van der Waals surface area contributed by atoms with Gasteiger partial charge in [0.15, 0.2) is 11.7 Å². The smallest absolute Gasteiger partial charge is 0.328 e. The van der Waals surface area contributed by atoms with E-state index in [0.717, 1.165) is 67.5 Å². The van der Waals surface area contributed by atoms with Crippen LogP contribution in [0.5, 0.6) is 0 Å². The Hall–Kier alpha value is -2.90. The van der Waals surface area contributed by atoms with Crippen LogP contribution >= 0.6 is 0 Å². The number of nitrogens with one attached hydrogen (secondary N) is 2. The zero-order chi connectivity index (χ0) is 25.1. The second-order valence-corrected chi connectivity index (χ2v) is 9.61. The third kappa shape index (κ3) is 4.50. The number of morpholine rings is 2. The number of fused-ring (bicyclic) bond motifs is 3. The lowest BCUT2D eigenvalue weighted by molar-refractivity contribution is -0.171. The largest absolute Gasteiger partial charge is 0.480 e. The first-order valence-corrected chi connectivity index (χ1v) is 12.5. The Bertz CT molecular complexity index is 1200. The molecule has 3 aromatic rings. The molecule has 12 heteroatoms. The summed E-state index contributed by atoms with van der Waals surface area (Å²) < 4.78 is 11.1. The molecule has 0 aromatic carbocycles. The molecule has 0 saturated carbocycles. The number of piperidine rings is 1. The molecule has 3 N–H and O–H groups in total. The van der Waals surface area contributed by atoms with Gasteiger partial charge in [0, 0.05) is 18.1 Å². The molecule has 0 aliphatic carbocycles. The standard InChI is InChI=1S/C18H22N6O3.C6H11NO2/c25-18(26)14-11-27-9-6-23(14)24(7-2-1-3-8-24)17-15-12-4-5-19-16(12)20-10-13(15)21-22-17;1-7-2-3-9-5-6(7)4-8/h4-5,10,14H,1-3,6-9,11H2,(H2-,19,20,21,22,25,26);4,6H,2-3,5H2,1H3/p+1. The van der Waals surface area contributed by atoms with Gasteiger partial charge >= 0.3 is 5.97 Å². The lowest BCUT2D eigenvalue weighted by Gasteiger charge is -2.49. The molecule has 0 spiro atoms. The average molecular weight is 501 g/mol. The summed E-state index contributed by atoms with van der Waals surface area (Å²) in [6, 6.07) is 1.30. The van der Waals surface area contributed by atoms with Crippen LogP contribution in [0.4, 0.5) is 5.82 Å². The van der Waals surface area contributed by atoms with Gasteiger partial charge in [-0.25, -0.2) is 9.97 Å². The number of quaternary nitrogens is 1. The predicted octanol–water partition coefficient (Wildman–Crippen LogP) is 1.15. The molecule has 0 radical (unpaired) electrons. The number of ether oxygens (including phenoxy) is 2. The van der Waals surface area contributed by atoms with Crippen LogP contribution < -0.4 is 4.59 Å². The number of hydrogen-bond acceptors (Lipinski definition) is 8. The van der Waals surface area contributed by atoms with Crippen LogP contribution in [0, 0.1) is 0 Å². The van der Waals surface area contributed by atoms with Gasteiger partial charge < -0.3 is 19.4 Å². The Kier molecular flexibility index (Phi) is 7.30. The molecule has 3 aromatic heterocycles. The Labute approximate surface area is 208 Å². The van der Waals surface area contributed by atoms with Crippen LogP contribution in [-0.4, -0.2) is 119 Å². The number of rotatable bonds is 4. The molecule has 0 amide bonds. The first kappa shape index (κ1) is 24.8. The minimum absolute atomic E-state index is 0.0150. The Morgan fingerprint density at radius 2 is 1.92 bits per heavy atom. The summed E-state index contributed by atoms with van der Waals surface area (Å²) in [4.78, 5) is 33.0. The lowest BCUT2D eigenvalue weighted by Crippen LogP contribution is -2.71.